The molecule has 1 aromatic carbocycles. The fraction of sp³-hybridized carbons (Fsp3) is 0.556. The number of amides is 2. The summed E-state index contributed by atoms with van der Waals surface area (Å²) in [6.07, 6.45) is 1.30. The fourth-order valence-electron chi connectivity index (χ4n) is 2.89. The quantitative estimate of drug-likeness (QED) is 0.655. The standard InChI is InChI=1S/C18H24Cl2N2O5/c1-25-9-10-27-11-15(23)21-12-5-7-22(8-6-12)18(24)16-13(19)3-4-14(20)17(16)26-2/h3-4,12H,5-11H2,1-2H3,(H,21,23). The zero-order valence-corrected chi connectivity index (χ0v) is 16.9. The molecule has 2 rings (SSSR count). The van der Waals surface area contributed by atoms with Crippen LogP contribution in [0.1, 0.15) is 23.2 Å². The molecule has 0 spiro atoms. The molecule has 1 aromatic rings. The number of rotatable bonds is 8. The highest BCUT2D eigenvalue weighted by atomic mass is 35.5. The van der Waals surface area contributed by atoms with E-state index in [1.165, 1.54) is 7.11 Å². The summed E-state index contributed by atoms with van der Waals surface area (Å²) in [6, 6.07) is 3.18. The number of nitrogens with one attached hydrogen (secondary N) is 1. The first-order valence-corrected chi connectivity index (χ1v) is 9.40. The van der Waals surface area contributed by atoms with E-state index in [-0.39, 0.29) is 35.8 Å². The molecule has 0 radical (unpaired) electrons. The third kappa shape index (κ3) is 5.97. The van der Waals surface area contributed by atoms with Crippen molar-refractivity contribution in [1.29, 1.82) is 0 Å². The molecule has 1 N–H and O–H groups in total. The first-order valence-electron chi connectivity index (χ1n) is 8.65. The zero-order chi connectivity index (χ0) is 19.8. The largest absolute Gasteiger partial charge is 0.494 e. The van der Waals surface area contributed by atoms with E-state index in [2.05, 4.69) is 5.32 Å². The number of halogens is 2. The van der Waals surface area contributed by atoms with E-state index in [4.69, 9.17) is 37.4 Å². The van der Waals surface area contributed by atoms with Gasteiger partial charge >= 0.3 is 0 Å². The summed E-state index contributed by atoms with van der Waals surface area (Å²) >= 11 is 12.3. The van der Waals surface area contributed by atoms with Crippen molar-refractivity contribution in [2.24, 2.45) is 0 Å². The van der Waals surface area contributed by atoms with Gasteiger partial charge in [0.15, 0.2) is 5.75 Å². The van der Waals surface area contributed by atoms with Gasteiger partial charge in [0, 0.05) is 26.2 Å². The Morgan fingerprint density at radius 2 is 1.81 bits per heavy atom. The molecule has 1 saturated heterocycles. The molecule has 2 amide bonds. The molecular weight excluding hydrogens is 395 g/mol. The molecule has 9 heteroatoms. The number of ether oxygens (including phenoxy) is 3. The topological polar surface area (TPSA) is 77.1 Å². The van der Waals surface area contributed by atoms with Crippen molar-refractivity contribution in [3.63, 3.8) is 0 Å². The molecule has 0 unspecified atom stereocenters. The van der Waals surface area contributed by atoms with Crippen molar-refractivity contribution in [1.82, 2.24) is 10.2 Å². The van der Waals surface area contributed by atoms with E-state index in [1.807, 2.05) is 0 Å². The second kappa shape index (κ2) is 10.7. The smallest absolute Gasteiger partial charge is 0.259 e. The minimum atomic E-state index is -0.230. The maximum absolute atomic E-state index is 12.9. The molecule has 0 bridgehead atoms. The Labute approximate surface area is 168 Å². The summed E-state index contributed by atoms with van der Waals surface area (Å²) in [6.45, 7) is 1.82. The van der Waals surface area contributed by atoms with E-state index >= 15 is 0 Å². The van der Waals surface area contributed by atoms with E-state index in [0.717, 1.165) is 0 Å². The molecule has 150 valence electrons. The molecule has 0 aliphatic carbocycles. The predicted molar refractivity (Wildman–Crippen MR) is 103 cm³/mol. The summed E-state index contributed by atoms with van der Waals surface area (Å²) < 4.78 is 15.3. The highest BCUT2D eigenvalue weighted by Crippen LogP contribution is 2.35. The van der Waals surface area contributed by atoms with Crippen LogP contribution in [0.3, 0.4) is 0 Å². The molecule has 0 saturated carbocycles. The molecule has 27 heavy (non-hydrogen) atoms. The van der Waals surface area contributed by atoms with Crippen LogP contribution >= 0.6 is 23.2 Å². The normalized spacial score (nSPS) is 14.9. The van der Waals surface area contributed by atoms with Gasteiger partial charge in [0.05, 0.1) is 30.4 Å². The van der Waals surface area contributed by atoms with Crippen LogP contribution in [0, 0.1) is 0 Å². The third-order valence-corrected chi connectivity index (χ3v) is 4.90. The van der Waals surface area contributed by atoms with Gasteiger partial charge in [-0.3, -0.25) is 9.59 Å². The summed E-state index contributed by atoms with van der Waals surface area (Å²) in [5, 5.41) is 3.55. The average molecular weight is 419 g/mol. The molecular formula is C18H24Cl2N2O5. The molecule has 7 nitrogen and oxygen atoms in total. The summed E-state index contributed by atoms with van der Waals surface area (Å²) in [7, 11) is 3.02. The number of likely N-dealkylation sites (tertiary alicyclic amines) is 1. The van der Waals surface area contributed by atoms with Crippen molar-refractivity contribution in [2.75, 3.05) is 47.1 Å². The number of nitrogens with zero attached hydrogens (tertiary/aromatic N) is 1. The molecule has 0 atom stereocenters. The Hall–Kier alpha value is -1.54. The number of carbonyl (C=O) groups is 2. The van der Waals surface area contributed by atoms with Gasteiger partial charge in [0.25, 0.3) is 5.91 Å². The fourth-order valence-corrected chi connectivity index (χ4v) is 3.36. The van der Waals surface area contributed by atoms with Crippen molar-refractivity contribution >= 4 is 35.0 Å². The molecule has 1 fully saturated rings. The van der Waals surface area contributed by atoms with Gasteiger partial charge < -0.3 is 24.4 Å². The van der Waals surface area contributed by atoms with Gasteiger partial charge in [-0.05, 0) is 25.0 Å². The third-order valence-electron chi connectivity index (χ3n) is 4.29. The molecule has 1 aliphatic heterocycles. The van der Waals surface area contributed by atoms with Crippen molar-refractivity contribution in [2.45, 2.75) is 18.9 Å². The second-order valence-corrected chi connectivity index (χ2v) is 6.93. The van der Waals surface area contributed by atoms with Gasteiger partial charge in [-0.25, -0.2) is 0 Å². The van der Waals surface area contributed by atoms with Crippen LogP contribution < -0.4 is 10.1 Å². The first-order chi connectivity index (χ1) is 13.0. The van der Waals surface area contributed by atoms with Crippen molar-refractivity contribution < 1.29 is 23.8 Å². The van der Waals surface area contributed by atoms with Crippen molar-refractivity contribution in [3.05, 3.63) is 27.7 Å². The maximum Gasteiger partial charge on any atom is 0.259 e. The number of carbonyl (C=O) groups excluding carboxylic acids is 2. The van der Waals surface area contributed by atoms with Crippen LogP contribution in [-0.4, -0.2) is 69.9 Å². The van der Waals surface area contributed by atoms with E-state index in [0.29, 0.717) is 49.2 Å². The lowest BCUT2D eigenvalue weighted by Gasteiger charge is -2.33. The molecule has 0 aromatic heterocycles. The summed E-state index contributed by atoms with van der Waals surface area (Å²) in [4.78, 5) is 26.4. The number of piperidine rings is 1. The minimum Gasteiger partial charge on any atom is -0.494 e. The Balaban J connectivity index is 1.88. The number of hydrogen-bond donors (Lipinski definition) is 1. The van der Waals surface area contributed by atoms with Gasteiger partial charge in [-0.1, -0.05) is 23.2 Å². The lowest BCUT2D eigenvalue weighted by atomic mass is 10.0. The monoisotopic (exact) mass is 418 g/mol. The lowest BCUT2D eigenvalue weighted by Crippen LogP contribution is -2.47. The molecule has 1 aliphatic rings. The summed E-state index contributed by atoms with van der Waals surface area (Å²) in [5.41, 5.74) is 0.265. The minimum absolute atomic E-state index is 0.00216. The van der Waals surface area contributed by atoms with Gasteiger partial charge in [-0.15, -0.1) is 0 Å². The molecule has 1 heterocycles. The van der Waals surface area contributed by atoms with Gasteiger partial charge in [-0.2, -0.15) is 0 Å². The highest BCUT2D eigenvalue weighted by Gasteiger charge is 2.28. The first kappa shape index (κ1) is 21.8. The van der Waals surface area contributed by atoms with Crippen LogP contribution in [-0.2, 0) is 14.3 Å². The predicted octanol–water partition coefficient (Wildman–Crippen LogP) is 2.39. The number of hydrogen-bond acceptors (Lipinski definition) is 5. The summed E-state index contributed by atoms with van der Waals surface area (Å²) in [5.74, 6) is -0.125. The number of methoxy groups -OCH3 is 2. The Kier molecular flexibility index (Phi) is 8.63. The maximum atomic E-state index is 12.9. The Morgan fingerprint density at radius 1 is 1.15 bits per heavy atom. The average Bonchev–Trinajstić information content (AvgIpc) is 2.67. The van der Waals surface area contributed by atoms with Crippen LogP contribution in [0.2, 0.25) is 10.0 Å². The van der Waals surface area contributed by atoms with Crippen LogP contribution in [0.5, 0.6) is 5.75 Å². The van der Waals surface area contributed by atoms with Crippen LogP contribution in [0.25, 0.3) is 0 Å². The van der Waals surface area contributed by atoms with Crippen molar-refractivity contribution in [3.8, 4) is 5.75 Å². The highest BCUT2D eigenvalue weighted by molar-refractivity contribution is 6.37. The van der Waals surface area contributed by atoms with E-state index < -0.39 is 0 Å². The SMILES string of the molecule is COCCOCC(=O)NC1CCN(C(=O)c2c(Cl)ccc(Cl)c2OC)CC1. The Bertz CT molecular complexity index is 663. The van der Waals surface area contributed by atoms with E-state index in [9.17, 15) is 9.59 Å². The second-order valence-electron chi connectivity index (χ2n) is 6.12. The van der Waals surface area contributed by atoms with E-state index in [1.54, 1.807) is 24.1 Å². The van der Waals surface area contributed by atoms with Gasteiger partial charge in [0.1, 0.15) is 12.2 Å². The Morgan fingerprint density at radius 3 is 2.44 bits per heavy atom. The lowest BCUT2D eigenvalue weighted by molar-refractivity contribution is -0.127. The van der Waals surface area contributed by atoms with Gasteiger partial charge in [0.2, 0.25) is 5.91 Å². The van der Waals surface area contributed by atoms with Crippen LogP contribution in [0.15, 0.2) is 12.1 Å². The van der Waals surface area contributed by atoms with Crippen LogP contribution in [0.4, 0.5) is 0 Å². The number of benzene rings is 1. The zero-order valence-electron chi connectivity index (χ0n) is 15.4.